The van der Waals surface area contributed by atoms with Crippen molar-refractivity contribution in [1.29, 1.82) is 0 Å². The molecular formula is C23H23N7O. The third-order valence-electron chi connectivity index (χ3n) is 5.31. The van der Waals surface area contributed by atoms with Crippen molar-refractivity contribution in [3.05, 3.63) is 61.2 Å². The van der Waals surface area contributed by atoms with Crippen molar-refractivity contribution in [3.8, 4) is 33.8 Å². The van der Waals surface area contributed by atoms with Crippen LogP contribution in [-0.4, -0.2) is 41.9 Å². The zero-order chi connectivity index (χ0) is 21.4. The molecule has 0 amide bonds. The maximum absolute atomic E-state index is 5.15. The summed E-state index contributed by atoms with van der Waals surface area (Å²) >= 11 is 0. The molecule has 0 unspecified atom stereocenters. The Balaban J connectivity index is 1.57. The van der Waals surface area contributed by atoms with Crippen LogP contribution in [0.4, 0.5) is 0 Å². The van der Waals surface area contributed by atoms with Gasteiger partial charge >= 0.3 is 0 Å². The van der Waals surface area contributed by atoms with Gasteiger partial charge in [-0.15, -0.1) is 10.2 Å². The summed E-state index contributed by atoms with van der Waals surface area (Å²) < 4.78 is 8.98. The number of nitrogens with one attached hydrogen (secondary N) is 1. The average Bonchev–Trinajstić information content (AvgIpc) is 3.52. The van der Waals surface area contributed by atoms with Crippen LogP contribution in [0.15, 0.2) is 61.2 Å². The standard InChI is InChI=1S/C23H23N7O/c1-15(2)30-13-24-28-23(30)18-7-8-21-20(10-18)22(27-26-21)17-6-4-5-16(9-17)19-11-25-29(12-19)14-31-3/h4-13,15H,14H2,1-3H3,(H,26,27). The number of aromatic amines is 1. The fourth-order valence-electron chi connectivity index (χ4n) is 3.76. The van der Waals surface area contributed by atoms with Gasteiger partial charge in [-0.05, 0) is 43.7 Å². The molecular weight excluding hydrogens is 390 g/mol. The van der Waals surface area contributed by atoms with Crippen LogP contribution in [-0.2, 0) is 11.5 Å². The summed E-state index contributed by atoms with van der Waals surface area (Å²) in [6, 6.07) is 14.8. The van der Waals surface area contributed by atoms with Crippen molar-refractivity contribution in [2.75, 3.05) is 7.11 Å². The van der Waals surface area contributed by atoms with Gasteiger partial charge in [0, 0.05) is 41.4 Å². The Kier molecular flexibility index (Phi) is 4.83. The summed E-state index contributed by atoms with van der Waals surface area (Å²) in [5.41, 5.74) is 6.03. The number of ether oxygens (including phenoxy) is 1. The largest absolute Gasteiger partial charge is 0.362 e. The van der Waals surface area contributed by atoms with Gasteiger partial charge < -0.3 is 9.30 Å². The Bertz CT molecular complexity index is 1340. The van der Waals surface area contributed by atoms with E-state index in [1.807, 2.05) is 30.6 Å². The molecule has 3 heterocycles. The molecule has 0 saturated heterocycles. The lowest BCUT2D eigenvalue weighted by Gasteiger charge is -2.10. The lowest BCUT2D eigenvalue weighted by Crippen LogP contribution is -2.01. The van der Waals surface area contributed by atoms with E-state index in [0.717, 1.165) is 44.7 Å². The van der Waals surface area contributed by atoms with Crippen molar-refractivity contribution in [3.63, 3.8) is 0 Å². The maximum atomic E-state index is 5.15. The molecule has 3 aromatic heterocycles. The Hall–Kier alpha value is -3.78. The molecule has 2 aromatic carbocycles. The number of nitrogens with zero attached hydrogens (tertiary/aromatic N) is 6. The first-order valence-electron chi connectivity index (χ1n) is 10.1. The fraction of sp³-hybridized carbons (Fsp3) is 0.217. The van der Waals surface area contributed by atoms with Gasteiger partial charge in [-0.3, -0.25) is 5.10 Å². The molecule has 31 heavy (non-hydrogen) atoms. The van der Waals surface area contributed by atoms with E-state index < -0.39 is 0 Å². The third kappa shape index (κ3) is 3.51. The Morgan fingerprint density at radius 1 is 1.03 bits per heavy atom. The minimum absolute atomic E-state index is 0.278. The number of fused-ring (bicyclic) bond motifs is 1. The van der Waals surface area contributed by atoms with Gasteiger partial charge in [-0.2, -0.15) is 10.2 Å². The normalized spacial score (nSPS) is 11.6. The van der Waals surface area contributed by atoms with Gasteiger partial charge in [0.25, 0.3) is 0 Å². The van der Waals surface area contributed by atoms with Crippen molar-refractivity contribution in [1.82, 2.24) is 34.7 Å². The first-order chi connectivity index (χ1) is 15.1. The van der Waals surface area contributed by atoms with Crippen LogP contribution < -0.4 is 0 Å². The van der Waals surface area contributed by atoms with E-state index in [9.17, 15) is 0 Å². The molecule has 0 fully saturated rings. The monoisotopic (exact) mass is 413 g/mol. The summed E-state index contributed by atoms with van der Waals surface area (Å²) in [6.45, 7) is 4.66. The second-order valence-corrected chi connectivity index (χ2v) is 7.76. The minimum Gasteiger partial charge on any atom is -0.362 e. The lowest BCUT2D eigenvalue weighted by atomic mass is 10.0. The van der Waals surface area contributed by atoms with Crippen LogP contribution in [0, 0.1) is 0 Å². The molecule has 156 valence electrons. The van der Waals surface area contributed by atoms with Gasteiger partial charge in [-0.25, -0.2) is 4.68 Å². The molecule has 0 radical (unpaired) electrons. The highest BCUT2D eigenvalue weighted by molar-refractivity contribution is 5.95. The van der Waals surface area contributed by atoms with E-state index in [-0.39, 0.29) is 6.04 Å². The highest BCUT2D eigenvalue weighted by Crippen LogP contribution is 2.32. The van der Waals surface area contributed by atoms with Gasteiger partial charge in [0.2, 0.25) is 0 Å². The van der Waals surface area contributed by atoms with Gasteiger partial charge in [0.1, 0.15) is 13.1 Å². The molecule has 0 saturated carbocycles. The van der Waals surface area contributed by atoms with Crippen molar-refractivity contribution < 1.29 is 4.74 Å². The van der Waals surface area contributed by atoms with E-state index in [0.29, 0.717) is 6.73 Å². The SMILES string of the molecule is COCn1cc(-c2cccc(-c3n[nH]c4ccc(-c5nncn5C(C)C)cc34)c2)cn1. The number of methoxy groups -OCH3 is 1. The van der Waals surface area contributed by atoms with Gasteiger partial charge in [0.05, 0.1) is 17.4 Å². The van der Waals surface area contributed by atoms with E-state index >= 15 is 0 Å². The summed E-state index contributed by atoms with van der Waals surface area (Å²) in [6.07, 6.45) is 5.59. The number of rotatable bonds is 6. The summed E-state index contributed by atoms with van der Waals surface area (Å²) in [4.78, 5) is 0. The first-order valence-corrected chi connectivity index (χ1v) is 10.1. The number of H-pyrrole nitrogens is 1. The highest BCUT2D eigenvalue weighted by atomic mass is 16.5. The first kappa shape index (κ1) is 19.2. The predicted octanol–water partition coefficient (Wildman–Crippen LogP) is 4.54. The molecule has 1 N–H and O–H groups in total. The van der Waals surface area contributed by atoms with E-state index in [4.69, 9.17) is 4.74 Å². The molecule has 0 spiro atoms. The topological polar surface area (TPSA) is 86.4 Å². The highest BCUT2D eigenvalue weighted by Gasteiger charge is 2.14. The van der Waals surface area contributed by atoms with Crippen LogP contribution in [0.25, 0.3) is 44.7 Å². The Labute approximate surface area is 179 Å². The second-order valence-electron chi connectivity index (χ2n) is 7.76. The molecule has 0 aliphatic rings. The number of benzene rings is 2. The molecule has 0 atom stereocenters. The van der Waals surface area contributed by atoms with Crippen LogP contribution >= 0.6 is 0 Å². The van der Waals surface area contributed by atoms with E-state index in [1.165, 1.54) is 0 Å². The predicted molar refractivity (Wildman–Crippen MR) is 119 cm³/mol. The van der Waals surface area contributed by atoms with Crippen molar-refractivity contribution in [2.24, 2.45) is 0 Å². The molecule has 0 aliphatic carbocycles. The van der Waals surface area contributed by atoms with Crippen LogP contribution in [0.2, 0.25) is 0 Å². The van der Waals surface area contributed by atoms with Crippen LogP contribution in [0.3, 0.4) is 0 Å². The fourth-order valence-corrected chi connectivity index (χ4v) is 3.76. The molecule has 0 bridgehead atoms. The zero-order valence-corrected chi connectivity index (χ0v) is 17.6. The van der Waals surface area contributed by atoms with E-state index in [2.05, 4.69) is 68.2 Å². The third-order valence-corrected chi connectivity index (χ3v) is 5.31. The van der Waals surface area contributed by atoms with E-state index in [1.54, 1.807) is 18.1 Å². The Morgan fingerprint density at radius 3 is 2.74 bits per heavy atom. The summed E-state index contributed by atoms with van der Waals surface area (Å²) in [5.74, 6) is 0.850. The molecule has 5 rings (SSSR count). The Morgan fingerprint density at radius 2 is 1.90 bits per heavy atom. The smallest absolute Gasteiger partial charge is 0.164 e. The van der Waals surface area contributed by atoms with Crippen molar-refractivity contribution in [2.45, 2.75) is 26.6 Å². The second kappa shape index (κ2) is 7.81. The van der Waals surface area contributed by atoms with Crippen LogP contribution in [0.5, 0.6) is 0 Å². The molecule has 8 nitrogen and oxygen atoms in total. The quantitative estimate of drug-likeness (QED) is 0.442. The minimum atomic E-state index is 0.278. The van der Waals surface area contributed by atoms with Crippen molar-refractivity contribution >= 4 is 10.9 Å². The number of aromatic nitrogens is 7. The molecule has 8 heteroatoms. The maximum Gasteiger partial charge on any atom is 0.164 e. The molecule has 5 aromatic rings. The number of hydrogen-bond acceptors (Lipinski definition) is 5. The summed E-state index contributed by atoms with van der Waals surface area (Å²) in [5, 5.41) is 21.6. The average molecular weight is 413 g/mol. The van der Waals surface area contributed by atoms with Gasteiger partial charge in [-0.1, -0.05) is 18.2 Å². The summed E-state index contributed by atoms with van der Waals surface area (Å²) in [7, 11) is 1.66. The zero-order valence-electron chi connectivity index (χ0n) is 17.6. The van der Waals surface area contributed by atoms with Gasteiger partial charge in [0.15, 0.2) is 5.82 Å². The lowest BCUT2D eigenvalue weighted by molar-refractivity contribution is 0.120. The number of hydrogen-bond donors (Lipinski definition) is 1. The molecule has 0 aliphatic heterocycles. The van der Waals surface area contributed by atoms with Crippen LogP contribution in [0.1, 0.15) is 19.9 Å².